The third-order valence-corrected chi connectivity index (χ3v) is 2.47. The van der Waals surface area contributed by atoms with Crippen molar-refractivity contribution in [2.75, 3.05) is 33.2 Å². The van der Waals surface area contributed by atoms with Gasteiger partial charge >= 0.3 is 0 Å². The van der Waals surface area contributed by atoms with Gasteiger partial charge < -0.3 is 18.9 Å². The Hall–Kier alpha value is -0.160. The Bertz CT molecular complexity index is 155. The Morgan fingerprint density at radius 2 is 1.69 bits per heavy atom. The van der Waals surface area contributed by atoms with E-state index in [1.165, 1.54) is 0 Å². The minimum atomic E-state index is -0.0517. The fraction of sp³-hybridized carbons (Fsp3) is 1.00. The molecule has 2 heterocycles. The molecule has 0 aromatic carbocycles. The van der Waals surface area contributed by atoms with Crippen LogP contribution in [0.4, 0.5) is 0 Å². The van der Waals surface area contributed by atoms with Gasteiger partial charge in [0.05, 0.1) is 31.8 Å². The highest BCUT2D eigenvalue weighted by atomic mass is 16.7. The monoisotopic (exact) mass is 188 g/mol. The molecule has 1 spiro atoms. The molecular formula is C9H16O4. The molecule has 0 saturated carbocycles. The molecule has 0 unspecified atom stereocenters. The van der Waals surface area contributed by atoms with Gasteiger partial charge in [-0.25, -0.2) is 0 Å². The Kier molecular flexibility index (Phi) is 2.83. The summed E-state index contributed by atoms with van der Waals surface area (Å²) in [5.41, 5.74) is -0.0517. The molecule has 0 atom stereocenters. The van der Waals surface area contributed by atoms with Crippen LogP contribution in [0.5, 0.6) is 0 Å². The summed E-state index contributed by atoms with van der Waals surface area (Å²) in [5, 5.41) is 0. The summed E-state index contributed by atoms with van der Waals surface area (Å²) in [5.74, 6) is 0. The highest BCUT2D eigenvalue weighted by Crippen LogP contribution is 2.28. The van der Waals surface area contributed by atoms with Crippen LogP contribution < -0.4 is 0 Å². The summed E-state index contributed by atoms with van der Waals surface area (Å²) in [6.07, 6.45) is 0.866. The van der Waals surface area contributed by atoms with E-state index >= 15 is 0 Å². The largest absolute Gasteiger partial charge is 0.355 e. The van der Waals surface area contributed by atoms with E-state index in [1.54, 1.807) is 0 Å². The van der Waals surface area contributed by atoms with Gasteiger partial charge in [0.25, 0.3) is 0 Å². The van der Waals surface area contributed by atoms with Crippen LogP contribution in [0.25, 0.3) is 0 Å². The first-order valence-electron chi connectivity index (χ1n) is 4.73. The molecule has 0 amide bonds. The van der Waals surface area contributed by atoms with Crippen molar-refractivity contribution in [2.45, 2.75) is 19.6 Å². The molecule has 0 N–H and O–H groups in total. The van der Waals surface area contributed by atoms with E-state index in [2.05, 4.69) is 6.92 Å². The zero-order chi connectivity index (χ0) is 9.15. The quantitative estimate of drug-likeness (QED) is 0.608. The number of ether oxygens (including phenoxy) is 4. The lowest BCUT2D eigenvalue weighted by Gasteiger charge is -2.41. The third kappa shape index (κ3) is 2.02. The van der Waals surface area contributed by atoms with Gasteiger partial charge in [-0.2, -0.15) is 0 Å². The van der Waals surface area contributed by atoms with Crippen LogP contribution in [0.1, 0.15) is 13.3 Å². The molecule has 2 aliphatic rings. The van der Waals surface area contributed by atoms with Crippen LogP contribution in [-0.4, -0.2) is 39.5 Å². The highest BCUT2D eigenvalue weighted by Gasteiger charge is 2.39. The Morgan fingerprint density at radius 1 is 1.08 bits per heavy atom. The van der Waals surface area contributed by atoms with Crippen LogP contribution in [-0.2, 0) is 18.9 Å². The van der Waals surface area contributed by atoms with Gasteiger partial charge in [0.15, 0.2) is 6.29 Å². The van der Waals surface area contributed by atoms with Crippen molar-refractivity contribution in [3.63, 3.8) is 0 Å². The van der Waals surface area contributed by atoms with E-state index in [0.29, 0.717) is 33.2 Å². The first-order valence-corrected chi connectivity index (χ1v) is 4.73. The molecule has 13 heavy (non-hydrogen) atoms. The molecule has 2 aliphatic heterocycles. The fourth-order valence-electron chi connectivity index (χ4n) is 1.65. The number of hydrogen-bond donors (Lipinski definition) is 0. The van der Waals surface area contributed by atoms with Gasteiger partial charge in [-0.05, 0) is 6.42 Å². The minimum Gasteiger partial charge on any atom is -0.355 e. The lowest BCUT2D eigenvalue weighted by molar-refractivity contribution is -0.279. The predicted octanol–water partition coefficient (Wildman–Crippen LogP) is 0.760. The second-order valence-electron chi connectivity index (χ2n) is 3.77. The van der Waals surface area contributed by atoms with Gasteiger partial charge in [0, 0.05) is 0 Å². The molecule has 0 bridgehead atoms. The Morgan fingerprint density at radius 3 is 2.23 bits per heavy atom. The first kappa shape index (κ1) is 9.40. The molecule has 76 valence electrons. The summed E-state index contributed by atoms with van der Waals surface area (Å²) >= 11 is 0. The van der Waals surface area contributed by atoms with E-state index in [1.807, 2.05) is 0 Å². The summed E-state index contributed by atoms with van der Waals surface area (Å²) in [4.78, 5) is 0. The standard InChI is InChI=1S/C9H16O4/c1-2-8-12-5-9(6-13-8)3-10-7-11-4-9/h8H,2-7H2,1H3. The minimum absolute atomic E-state index is 0.0347. The highest BCUT2D eigenvalue weighted by molar-refractivity contribution is 4.82. The zero-order valence-electron chi connectivity index (χ0n) is 7.95. The lowest BCUT2D eigenvalue weighted by atomic mass is 9.91. The normalized spacial score (nSPS) is 29.3. The lowest BCUT2D eigenvalue weighted by Crippen LogP contribution is -2.50. The van der Waals surface area contributed by atoms with E-state index < -0.39 is 0 Å². The van der Waals surface area contributed by atoms with Gasteiger partial charge in [0.2, 0.25) is 0 Å². The van der Waals surface area contributed by atoms with Crippen LogP contribution in [0.2, 0.25) is 0 Å². The molecule has 0 radical (unpaired) electrons. The van der Waals surface area contributed by atoms with Gasteiger partial charge in [0.1, 0.15) is 6.79 Å². The average molecular weight is 188 g/mol. The van der Waals surface area contributed by atoms with E-state index in [9.17, 15) is 0 Å². The topological polar surface area (TPSA) is 36.9 Å². The molecule has 2 fully saturated rings. The van der Waals surface area contributed by atoms with Crippen LogP contribution in [0, 0.1) is 5.41 Å². The van der Waals surface area contributed by atoms with Crippen molar-refractivity contribution in [3.8, 4) is 0 Å². The molecule has 2 rings (SSSR count). The van der Waals surface area contributed by atoms with Gasteiger partial charge in [-0.1, -0.05) is 6.92 Å². The Labute approximate surface area is 78.1 Å². The van der Waals surface area contributed by atoms with Gasteiger partial charge in [-0.15, -0.1) is 0 Å². The predicted molar refractivity (Wildman–Crippen MR) is 45.2 cm³/mol. The molecule has 0 aliphatic carbocycles. The molecule has 2 saturated heterocycles. The van der Waals surface area contributed by atoms with Crippen molar-refractivity contribution < 1.29 is 18.9 Å². The maximum absolute atomic E-state index is 5.54. The van der Waals surface area contributed by atoms with Gasteiger partial charge in [-0.3, -0.25) is 0 Å². The molecular weight excluding hydrogens is 172 g/mol. The van der Waals surface area contributed by atoms with Crippen LogP contribution in [0.3, 0.4) is 0 Å². The first-order chi connectivity index (χ1) is 6.35. The average Bonchev–Trinajstić information content (AvgIpc) is 2.20. The Balaban J connectivity index is 1.87. The SMILES string of the molecule is CCC1OCC2(COCOC2)CO1. The number of hydrogen-bond acceptors (Lipinski definition) is 4. The van der Waals surface area contributed by atoms with Crippen molar-refractivity contribution in [1.82, 2.24) is 0 Å². The molecule has 0 aromatic rings. The maximum Gasteiger partial charge on any atom is 0.157 e. The van der Waals surface area contributed by atoms with Crippen molar-refractivity contribution in [3.05, 3.63) is 0 Å². The molecule has 4 nitrogen and oxygen atoms in total. The van der Waals surface area contributed by atoms with Crippen LogP contribution >= 0.6 is 0 Å². The third-order valence-electron chi connectivity index (χ3n) is 2.47. The summed E-state index contributed by atoms with van der Waals surface area (Å²) in [6.45, 7) is 5.19. The second-order valence-corrected chi connectivity index (χ2v) is 3.77. The second kappa shape index (κ2) is 3.92. The van der Waals surface area contributed by atoms with E-state index in [-0.39, 0.29) is 11.7 Å². The molecule has 4 heteroatoms. The molecule has 0 aromatic heterocycles. The fourth-order valence-corrected chi connectivity index (χ4v) is 1.65. The zero-order valence-corrected chi connectivity index (χ0v) is 7.95. The van der Waals surface area contributed by atoms with Crippen LogP contribution in [0.15, 0.2) is 0 Å². The number of rotatable bonds is 1. The summed E-state index contributed by atoms with van der Waals surface area (Å²) in [6, 6.07) is 0. The summed E-state index contributed by atoms with van der Waals surface area (Å²) < 4.78 is 21.6. The van der Waals surface area contributed by atoms with E-state index in [4.69, 9.17) is 18.9 Å². The smallest absolute Gasteiger partial charge is 0.157 e. The maximum atomic E-state index is 5.54. The van der Waals surface area contributed by atoms with Crippen molar-refractivity contribution in [1.29, 1.82) is 0 Å². The van der Waals surface area contributed by atoms with E-state index in [0.717, 1.165) is 6.42 Å². The summed E-state index contributed by atoms with van der Waals surface area (Å²) in [7, 11) is 0. The van der Waals surface area contributed by atoms with Crippen molar-refractivity contribution >= 4 is 0 Å². The van der Waals surface area contributed by atoms with Crippen molar-refractivity contribution in [2.24, 2.45) is 5.41 Å².